The molecule has 0 unspecified atom stereocenters. The highest BCUT2D eigenvalue weighted by atomic mass is 127. The first-order valence-electron chi connectivity index (χ1n) is 2.65. The maximum Gasteiger partial charge on any atom is 0.312 e. The van der Waals surface area contributed by atoms with E-state index in [0.29, 0.717) is 9.17 Å². The van der Waals surface area contributed by atoms with E-state index in [-0.39, 0.29) is 15.6 Å². The lowest BCUT2D eigenvalue weighted by Gasteiger charge is -1.86. The van der Waals surface area contributed by atoms with Crippen molar-refractivity contribution < 1.29 is 9.72 Å². The first kappa shape index (κ1) is 9.87. The van der Waals surface area contributed by atoms with E-state index in [0.717, 1.165) is 11.3 Å². The predicted octanol–water partition coefficient (Wildman–Crippen LogP) is 2.73. The van der Waals surface area contributed by atoms with Crippen molar-refractivity contribution in [1.82, 2.24) is 0 Å². The van der Waals surface area contributed by atoms with Crippen LogP contribution in [-0.4, -0.2) is 11.2 Å². The molecule has 0 saturated carbocycles. The highest BCUT2D eigenvalue weighted by Crippen LogP contribution is 2.38. The van der Waals surface area contributed by atoms with E-state index in [2.05, 4.69) is 0 Å². The maximum atomic E-state index is 10.4. The molecule has 1 aromatic rings. The molecular weight excluding hydrogens is 316 g/mol. The summed E-state index contributed by atoms with van der Waals surface area (Å²) >= 11 is 8.35. The van der Waals surface area contributed by atoms with Gasteiger partial charge < -0.3 is 0 Å². The van der Waals surface area contributed by atoms with Gasteiger partial charge >= 0.3 is 5.69 Å². The Morgan fingerprint density at radius 1 is 1.67 bits per heavy atom. The summed E-state index contributed by atoms with van der Waals surface area (Å²) in [6.07, 6.45) is 0.516. The number of hydrogen-bond donors (Lipinski definition) is 0. The Hall–Kier alpha value is -0.210. The second-order valence-corrected chi connectivity index (χ2v) is 5.02. The van der Waals surface area contributed by atoms with Crippen LogP contribution in [0.3, 0.4) is 0 Å². The molecule has 1 aromatic heterocycles. The minimum absolute atomic E-state index is 0.0654. The number of nitrogens with zero attached hydrogens (tertiary/aromatic N) is 1. The number of aldehydes is 1. The summed E-state index contributed by atoms with van der Waals surface area (Å²) in [5.41, 5.74) is -0.177. The Labute approximate surface area is 89.8 Å². The molecule has 0 bridgehead atoms. The van der Waals surface area contributed by atoms with Gasteiger partial charge in [-0.05, 0) is 22.6 Å². The van der Waals surface area contributed by atoms with Gasteiger partial charge in [-0.25, -0.2) is 0 Å². The van der Waals surface area contributed by atoms with E-state index in [1.807, 2.05) is 0 Å². The van der Waals surface area contributed by atoms with Gasteiger partial charge in [0.1, 0.15) is 7.91 Å². The molecule has 0 N–H and O–H groups in total. The van der Waals surface area contributed by atoms with Crippen LogP contribution in [0.4, 0.5) is 5.69 Å². The van der Waals surface area contributed by atoms with E-state index in [9.17, 15) is 14.9 Å². The fourth-order valence-electron chi connectivity index (χ4n) is 0.620. The number of thiophene rings is 1. The minimum Gasteiger partial charge on any atom is -0.297 e. The van der Waals surface area contributed by atoms with Crippen molar-refractivity contribution in [3.8, 4) is 0 Å². The molecule has 0 aliphatic rings. The van der Waals surface area contributed by atoms with Crippen LogP contribution in [0.25, 0.3) is 0 Å². The molecule has 0 spiro atoms. The standard InChI is InChI=1S/C5HClINO3S/c6-3-2(1-9)12-5(7)4(3)8(10)11/h1H. The fraction of sp³-hybridized carbons (Fsp3) is 0. The van der Waals surface area contributed by atoms with Gasteiger partial charge in [-0.3, -0.25) is 14.9 Å². The second kappa shape index (κ2) is 3.67. The quantitative estimate of drug-likeness (QED) is 0.365. The molecule has 0 saturated heterocycles. The molecule has 1 rings (SSSR count). The van der Waals surface area contributed by atoms with Crippen LogP contribution in [0.5, 0.6) is 0 Å². The zero-order chi connectivity index (χ0) is 9.30. The monoisotopic (exact) mass is 317 g/mol. The number of hydrogen-bond acceptors (Lipinski definition) is 4. The highest BCUT2D eigenvalue weighted by Gasteiger charge is 2.24. The molecule has 64 valence electrons. The Morgan fingerprint density at radius 2 is 2.25 bits per heavy atom. The van der Waals surface area contributed by atoms with E-state index >= 15 is 0 Å². The number of carbonyl (C=O) groups excluding carboxylic acids is 1. The Morgan fingerprint density at radius 3 is 2.50 bits per heavy atom. The normalized spacial score (nSPS) is 9.83. The third kappa shape index (κ3) is 1.59. The number of nitro groups is 1. The van der Waals surface area contributed by atoms with Gasteiger partial charge in [0.25, 0.3) is 0 Å². The van der Waals surface area contributed by atoms with Gasteiger partial charge in [-0.1, -0.05) is 11.6 Å². The molecule has 0 aliphatic carbocycles. The van der Waals surface area contributed by atoms with Crippen molar-refractivity contribution in [2.24, 2.45) is 0 Å². The highest BCUT2D eigenvalue weighted by molar-refractivity contribution is 14.1. The number of rotatable bonds is 2. The molecule has 0 atom stereocenters. The van der Waals surface area contributed by atoms with Crippen molar-refractivity contribution in [3.63, 3.8) is 0 Å². The van der Waals surface area contributed by atoms with Crippen LogP contribution in [0.15, 0.2) is 0 Å². The van der Waals surface area contributed by atoms with E-state index in [4.69, 9.17) is 11.6 Å². The maximum absolute atomic E-state index is 10.4. The molecule has 0 radical (unpaired) electrons. The Bertz CT molecular complexity index is 351. The van der Waals surface area contributed by atoms with Crippen LogP contribution < -0.4 is 0 Å². The number of halogens is 2. The molecule has 0 amide bonds. The Kier molecular flexibility index (Phi) is 3.02. The molecule has 0 fully saturated rings. The first-order chi connectivity index (χ1) is 5.57. The van der Waals surface area contributed by atoms with Crippen LogP contribution in [0.2, 0.25) is 5.02 Å². The van der Waals surface area contributed by atoms with E-state index in [1.165, 1.54) is 0 Å². The van der Waals surface area contributed by atoms with Crippen molar-refractivity contribution in [1.29, 1.82) is 0 Å². The lowest BCUT2D eigenvalue weighted by molar-refractivity contribution is -0.385. The van der Waals surface area contributed by atoms with Gasteiger partial charge in [-0.15, -0.1) is 11.3 Å². The van der Waals surface area contributed by atoms with Gasteiger partial charge in [0.2, 0.25) is 0 Å². The molecule has 7 heteroatoms. The van der Waals surface area contributed by atoms with Crippen molar-refractivity contribution in [2.75, 3.05) is 0 Å². The van der Waals surface area contributed by atoms with Crippen molar-refractivity contribution >= 4 is 57.5 Å². The summed E-state index contributed by atoms with van der Waals surface area (Å²) in [6.45, 7) is 0. The largest absolute Gasteiger partial charge is 0.312 e. The summed E-state index contributed by atoms with van der Waals surface area (Å²) in [5.74, 6) is 0. The third-order valence-electron chi connectivity index (χ3n) is 1.10. The smallest absolute Gasteiger partial charge is 0.297 e. The lowest BCUT2D eigenvalue weighted by atomic mass is 10.4. The van der Waals surface area contributed by atoms with Gasteiger partial charge in [0.15, 0.2) is 6.29 Å². The minimum atomic E-state index is -0.590. The Balaban J connectivity index is 3.37. The SMILES string of the molecule is O=Cc1sc(I)c([N+](=O)[O-])c1Cl. The fourth-order valence-corrected chi connectivity index (χ4v) is 3.04. The summed E-state index contributed by atoms with van der Waals surface area (Å²) in [6, 6.07) is 0. The lowest BCUT2D eigenvalue weighted by Crippen LogP contribution is -1.87. The second-order valence-electron chi connectivity index (χ2n) is 1.78. The van der Waals surface area contributed by atoms with Gasteiger partial charge in [0, 0.05) is 0 Å². The molecule has 0 aromatic carbocycles. The molecule has 12 heavy (non-hydrogen) atoms. The van der Waals surface area contributed by atoms with Crippen LogP contribution in [0, 0.1) is 13.0 Å². The average Bonchev–Trinajstić information content (AvgIpc) is 2.25. The zero-order valence-corrected chi connectivity index (χ0v) is 9.14. The average molecular weight is 317 g/mol. The first-order valence-corrected chi connectivity index (χ1v) is 4.92. The van der Waals surface area contributed by atoms with Crippen LogP contribution in [0.1, 0.15) is 9.67 Å². The summed E-state index contributed by atoms with van der Waals surface area (Å²) < 4.78 is 0.421. The van der Waals surface area contributed by atoms with Crippen LogP contribution in [-0.2, 0) is 0 Å². The van der Waals surface area contributed by atoms with Gasteiger partial charge in [-0.2, -0.15) is 0 Å². The summed E-state index contributed by atoms with van der Waals surface area (Å²) in [4.78, 5) is 20.3. The molecule has 1 heterocycles. The molecule has 0 aliphatic heterocycles. The third-order valence-corrected chi connectivity index (χ3v) is 3.66. The van der Waals surface area contributed by atoms with Crippen molar-refractivity contribution in [2.45, 2.75) is 0 Å². The van der Waals surface area contributed by atoms with E-state index < -0.39 is 4.92 Å². The number of carbonyl (C=O) groups is 1. The summed E-state index contributed by atoms with van der Waals surface area (Å²) in [5, 5.41) is 10.3. The molecular formula is C5HClINO3S. The van der Waals surface area contributed by atoms with E-state index in [1.54, 1.807) is 22.6 Å². The summed E-state index contributed by atoms with van der Waals surface area (Å²) in [7, 11) is 0. The predicted molar refractivity (Wildman–Crippen MR) is 54.1 cm³/mol. The topological polar surface area (TPSA) is 60.2 Å². The van der Waals surface area contributed by atoms with Crippen LogP contribution >= 0.6 is 45.5 Å². The molecule has 4 nitrogen and oxygen atoms in total. The van der Waals surface area contributed by atoms with Gasteiger partial charge in [0.05, 0.1) is 9.80 Å². The zero-order valence-electron chi connectivity index (χ0n) is 5.41. The van der Waals surface area contributed by atoms with Crippen molar-refractivity contribution in [3.05, 3.63) is 22.9 Å².